The molecule has 2 aromatic carbocycles. The summed E-state index contributed by atoms with van der Waals surface area (Å²) in [5, 5.41) is 23.9. The molecule has 1 atom stereocenters. The van der Waals surface area contributed by atoms with E-state index < -0.39 is 23.6 Å². The molecule has 0 aromatic heterocycles. The molecule has 0 radical (unpaired) electrons. The summed E-state index contributed by atoms with van der Waals surface area (Å²) in [4.78, 5) is 36.4. The fraction of sp³-hybridized carbons (Fsp3) is 0.444. The third-order valence-corrected chi connectivity index (χ3v) is 8.18. The van der Waals surface area contributed by atoms with Crippen molar-refractivity contribution in [2.75, 3.05) is 13.2 Å². The molecular formula is C27H30N2O6. The second-order valence-corrected chi connectivity index (χ2v) is 10.1. The maximum atomic E-state index is 12.8. The van der Waals surface area contributed by atoms with Gasteiger partial charge in [-0.05, 0) is 60.8 Å². The summed E-state index contributed by atoms with van der Waals surface area (Å²) < 4.78 is 5.73. The predicted octanol–water partition coefficient (Wildman–Crippen LogP) is 3.18. The van der Waals surface area contributed by atoms with Crippen molar-refractivity contribution >= 4 is 18.0 Å². The Kier molecular flexibility index (Phi) is 6.01. The average molecular weight is 479 g/mol. The number of aliphatic carboxylic acids is 1. The Morgan fingerprint density at radius 2 is 1.46 bits per heavy atom. The normalized spacial score (nSPS) is 25.3. The smallest absolute Gasteiger partial charge is 0.407 e. The SMILES string of the molecule is O=C(NC12CCC(C(=O)NC[C@H](O)C(=O)O)(CC1)CC2)OCC1c2ccccc2-c2ccccc21. The van der Waals surface area contributed by atoms with Gasteiger partial charge in [-0.2, -0.15) is 0 Å². The molecule has 4 aliphatic rings. The number of carbonyl (C=O) groups is 3. The van der Waals surface area contributed by atoms with Crippen molar-refractivity contribution in [1.29, 1.82) is 0 Å². The van der Waals surface area contributed by atoms with Gasteiger partial charge in [0.05, 0.1) is 6.54 Å². The summed E-state index contributed by atoms with van der Waals surface area (Å²) in [7, 11) is 0. The zero-order valence-electron chi connectivity index (χ0n) is 19.5. The van der Waals surface area contributed by atoms with E-state index in [-0.39, 0.29) is 30.5 Å². The first-order chi connectivity index (χ1) is 16.8. The number of hydrogen-bond donors (Lipinski definition) is 4. The van der Waals surface area contributed by atoms with E-state index in [0.717, 1.165) is 0 Å². The number of hydrogen-bond acceptors (Lipinski definition) is 5. The van der Waals surface area contributed by atoms with Crippen molar-refractivity contribution in [1.82, 2.24) is 10.6 Å². The molecule has 0 saturated heterocycles. The molecule has 0 unspecified atom stereocenters. The zero-order chi connectivity index (χ0) is 24.6. The van der Waals surface area contributed by atoms with Crippen LogP contribution in [0.25, 0.3) is 11.1 Å². The van der Waals surface area contributed by atoms with Crippen LogP contribution in [0.3, 0.4) is 0 Å². The van der Waals surface area contributed by atoms with Crippen molar-refractivity contribution < 1.29 is 29.3 Å². The number of rotatable bonds is 7. The van der Waals surface area contributed by atoms with Crippen LogP contribution in [0.1, 0.15) is 55.6 Å². The second kappa shape index (κ2) is 9.00. The molecule has 3 fully saturated rings. The van der Waals surface area contributed by atoms with Gasteiger partial charge in [0.2, 0.25) is 5.91 Å². The molecule has 3 saturated carbocycles. The molecule has 184 valence electrons. The minimum Gasteiger partial charge on any atom is -0.479 e. The molecule has 4 N–H and O–H groups in total. The number of carbonyl (C=O) groups excluding carboxylic acids is 2. The quantitative estimate of drug-likeness (QED) is 0.484. The number of ether oxygens (including phenoxy) is 1. The first-order valence-electron chi connectivity index (χ1n) is 12.1. The Morgan fingerprint density at radius 1 is 0.914 bits per heavy atom. The van der Waals surface area contributed by atoms with Gasteiger partial charge in [-0.3, -0.25) is 4.79 Å². The van der Waals surface area contributed by atoms with Gasteiger partial charge >= 0.3 is 12.1 Å². The van der Waals surface area contributed by atoms with Crippen molar-refractivity contribution in [2.24, 2.45) is 5.41 Å². The monoisotopic (exact) mass is 478 g/mol. The van der Waals surface area contributed by atoms with Gasteiger partial charge < -0.3 is 25.6 Å². The standard InChI is InChI=1S/C27H30N2O6/c30-22(23(31)32)15-28-24(33)26-9-12-27(13-10-26,14-11-26)29-25(34)35-16-21-19-7-3-1-5-17(19)18-6-2-4-8-20(18)21/h1-8,21-22,30H,9-16H2,(H,28,33)(H,29,34)(H,31,32)/t22-,26?,27?/m0/s1. The number of aliphatic hydroxyl groups is 1. The van der Waals surface area contributed by atoms with Gasteiger partial charge in [-0.25, -0.2) is 9.59 Å². The molecule has 6 rings (SSSR count). The van der Waals surface area contributed by atoms with Gasteiger partial charge in [-0.15, -0.1) is 0 Å². The molecule has 2 aromatic rings. The second-order valence-electron chi connectivity index (χ2n) is 10.1. The Labute approximate surface area is 203 Å². The highest BCUT2D eigenvalue weighted by atomic mass is 16.5. The summed E-state index contributed by atoms with van der Waals surface area (Å²) in [5.41, 5.74) is 3.74. The summed E-state index contributed by atoms with van der Waals surface area (Å²) in [5.74, 6) is -1.57. The number of alkyl carbamates (subject to hydrolysis) is 1. The number of amides is 2. The third kappa shape index (κ3) is 4.27. The minimum atomic E-state index is -1.61. The summed E-state index contributed by atoms with van der Waals surface area (Å²) in [6, 6.07) is 16.4. The van der Waals surface area contributed by atoms with Crippen LogP contribution in [0.4, 0.5) is 4.79 Å². The number of nitrogens with one attached hydrogen (secondary N) is 2. The van der Waals surface area contributed by atoms with E-state index in [9.17, 15) is 19.5 Å². The molecule has 2 bridgehead atoms. The molecule has 35 heavy (non-hydrogen) atoms. The zero-order valence-corrected chi connectivity index (χ0v) is 19.5. The van der Waals surface area contributed by atoms with Crippen LogP contribution in [-0.2, 0) is 14.3 Å². The lowest BCUT2D eigenvalue weighted by molar-refractivity contribution is -0.147. The van der Waals surface area contributed by atoms with Crippen molar-refractivity contribution in [2.45, 2.75) is 56.1 Å². The van der Waals surface area contributed by atoms with Crippen LogP contribution >= 0.6 is 0 Å². The van der Waals surface area contributed by atoms with Crippen molar-refractivity contribution in [3.63, 3.8) is 0 Å². The molecule has 2 amide bonds. The fourth-order valence-electron chi connectivity index (χ4n) is 6.03. The lowest BCUT2D eigenvalue weighted by Crippen LogP contribution is -2.60. The summed E-state index contributed by atoms with van der Waals surface area (Å²) >= 11 is 0. The fourth-order valence-corrected chi connectivity index (χ4v) is 6.03. The average Bonchev–Trinajstić information content (AvgIpc) is 3.20. The maximum Gasteiger partial charge on any atom is 0.407 e. The largest absolute Gasteiger partial charge is 0.479 e. The number of fused-ring (bicyclic) bond motifs is 6. The van der Waals surface area contributed by atoms with E-state index in [0.29, 0.717) is 38.5 Å². The third-order valence-electron chi connectivity index (χ3n) is 8.18. The van der Waals surface area contributed by atoms with E-state index in [1.807, 2.05) is 24.3 Å². The highest BCUT2D eigenvalue weighted by Gasteiger charge is 2.53. The number of aliphatic hydroxyl groups excluding tert-OH is 1. The molecule has 8 nitrogen and oxygen atoms in total. The van der Waals surface area contributed by atoms with Gasteiger partial charge in [-0.1, -0.05) is 48.5 Å². The van der Waals surface area contributed by atoms with Crippen molar-refractivity contribution in [3.8, 4) is 11.1 Å². The van der Waals surface area contributed by atoms with E-state index >= 15 is 0 Å². The molecule has 0 aliphatic heterocycles. The molecule has 0 heterocycles. The summed E-state index contributed by atoms with van der Waals surface area (Å²) in [6.45, 7) is -0.0484. The van der Waals surface area contributed by atoms with Crippen molar-refractivity contribution in [3.05, 3.63) is 59.7 Å². The molecule has 8 heteroatoms. The van der Waals surface area contributed by atoms with Crippen LogP contribution in [-0.4, -0.2) is 53.0 Å². The van der Waals surface area contributed by atoms with Crippen LogP contribution in [0.2, 0.25) is 0 Å². The van der Waals surface area contributed by atoms with Gasteiger partial charge in [0, 0.05) is 16.9 Å². The topological polar surface area (TPSA) is 125 Å². The van der Waals surface area contributed by atoms with Gasteiger partial charge in [0.15, 0.2) is 6.10 Å². The van der Waals surface area contributed by atoms with Crippen LogP contribution in [0.15, 0.2) is 48.5 Å². The van der Waals surface area contributed by atoms with Crippen LogP contribution < -0.4 is 10.6 Å². The lowest BCUT2D eigenvalue weighted by Gasteiger charge is -2.52. The number of benzene rings is 2. The minimum absolute atomic E-state index is 0.000797. The van der Waals surface area contributed by atoms with E-state index in [4.69, 9.17) is 9.84 Å². The highest BCUT2D eigenvalue weighted by Crippen LogP contribution is 2.52. The Hall–Kier alpha value is -3.39. The van der Waals surface area contributed by atoms with Gasteiger partial charge in [0.1, 0.15) is 6.61 Å². The summed E-state index contributed by atoms with van der Waals surface area (Å²) in [6.07, 6.45) is 1.74. The first-order valence-corrected chi connectivity index (χ1v) is 12.1. The predicted molar refractivity (Wildman–Crippen MR) is 128 cm³/mol. The Morgan fingerprint density at radius 3 is 2.00 bits per heavy atom. The highest BCUT2D eigenvalue weighted by molar-refractivity contribution is 5.84. The van der Waals surface area contributed by atoms with E-state index in [1.54, 1.807) is 0 Å². The molecule has 0 spiro atoms. The Bertz CT molecular complexity index is 1090. The first kappa shape index (κ1) is 23.4. The van der Waals surface area contributed by atoms with E-state index in [2.05, 4.69) is 34.9 Å². The molecular weight excluding hydrogens is 448 g/mol. The number of carboxylic acid groups (broad SMARTS) is 1. The van der Waals surface area contributed by atoms with Gasteiger partial charge in [0.25, 0.3) is 0 Å². The van der Waals surface area contributed by atoms with Crippen LogP contribution in [0.5, 0.6) is 0 Å². The number of carboxylic acids is 1. The van der Waals surface area contributed by atoms with Crippen LogP contribution in [0, 0.1) is 5.41 Å². The van der Waals surface area contributed by atoms with E-state index in [1.165, 1.54) is 22.3 Å². The lowest BCUT2D eigenvalue weighted by atomic mass is 9.57. The maximum absolute atomic E-state index is 12.8. The molecule has 4 aliphatic carbocycles. The Balaban J connectivity index is 1.17.